The van der Waals surface area contributed by atoms with E-state index in [1.165, 1.54) is 5.56 Å². The molecule has 1 aromatic rings. The molecule has 1 saturated heterocycles. The first-order valence-corrected chi connectivity index (χ1v) is 7.24. The number of nitrogens with zero attached hydrogens (tertiary/aromatic N) is 1. The van der Waals surface area contributed by atoms with Crippen LogP contribution in [0.25, 0.3) is 0 Å². The van der Waals surface area contributed by atoms with Gasteiger partial charge in [-0.25, -0.2) is 0 Å². The minimum atomic E-state index is 0.294. The highest BCUT2D eigenvalue weighted by Crippen LogP contribution is 2.16. The van der Waals surface area contributed by atoms with Crippen molar-refractivity contribution < 1.29 is 4.79 Å². The lowest BCUT2D eigenvalue weighted by Crippen LogP contribution is -2.34. The summed E-state index contributed by atoms with van der Waals surface area (Å²) in [6.07, 6.45) is 3.93. The number of likely N-dealkylation sites (N-methyl/N-ethyl adjacent to an activating group) is 1. The summed E-state index contributed by atoms with van der Waals surface area (Å²) >= 11 is 0. The fraction of sp³-hybridized carbons (Fsp3) is 0.562. The predicted molar refractivity (Wildman–Crippen MR) is 78.0 cm³/mol. The summed E-state index contributed by atoms with van der Waals surface area (Å²) in [5.74, 6) is 0.871. The van der Waals surface area contributed by atoms with Gasteiger partial charge in [-0.2, -0.15) is 0 Å². The molecule has 1 heterocycles. The number of rotatable bonds is 5. The Morgan fingerprint density at radius 3 is 2.63 bits per heavy atom. The second-order valence-electron chi connectivity index (χ2n) is 5.45. The van der Waals surface area contributed by atoms with E-state index in [0.717, 1.165) is 38.9 Å². The summed E-state index contributed by atoms with van der Waals surface area (Å²) in [6, 6.07) is 10.4. The van der Waals surface area contributed by atoms with Gasteiger partial charge >= 0.3 is 0 Å². The van der Waals surface area contributed by atoms with E-state index in [0.29, 0.717) is 18.2 Å². The number of hydrogen-bond acceptors (Lipinski definition) is 2. The van der Waals surface area contributed by atoms with E-state index in [2.05, 4.69) is 17.4 Å². The van der Waals surface area contributed by atoms with Gasteiger partial charge in [0.1, 0.15) is 0 Å². The highest BCUT2D eigenvalue weighted by Gasteiger charge is 2.18. The molecule has 19 heavy (non-hydrogen) atoms. The zero-order valence-corrected chi connectivity index (χ0v) is 11.8. The van der Waals surface area contributed by atoms with Crippen LogP contribution in [0.1, 0.15) is 24.8 Å². The van der Waals surface area contributed by atoms with Crippen molar-refractivity contribution in [1.82, 2.24) is 10.2 Å². The second kappa shape index (κ2) is 7.29. The largest absolute Gasteiger partial charge is 0.345 e. The van der Waals surface area contributed by atoms with Crippen LogP contribution in [0.15, 0.2) is 30.3 Å². The molecule has 1 aliphatic rings. The number of carbonyl (C=O) groups is 1. The van der Waals surface area contributed by atoms with Crippen molar-refractivity contribution in [3.05, 3.63) is 35.9 Å². The van der Waals surface area contributed by atoms with Crippen LogP contribution >= 0.6 is 0 Å². The zero-order valence-electron chi connectivity index (χ0n) is 11.8. The third-order valence-corrected chi connectivity index (χ3v) is 3.93. The SMILES string of the molecule is CN(CCc1ccccc1)C(=O)CC1CCNCC1. The summed E-state index contributed by atoms with van der Waals surface area (Å²) in [5.41, 5.74) is 1.30. The zero-order chi connectivity index (χ0) is 13.5. The smallest absolute Gasteiger partial charge is 0.222 e. The predicted octanol–water partition coefficient (Wildman–Crippen LogP) is 2.08. The van der Waals surface area contributed by atoms with Crippen LogP contribution in [-0.4, -0.2) is 37.5 Å². The maximum absolute atomic E-state index is 12.1. The molecule has 0 saturated carbocycles. The number of benzene rings is 1. The van der Waals surface area contributed by atoms with Crippen LogP contribution in [0.2, 0.25) is 0 Å². The third-order valence-electron chi connectivity index (χ3n) is 3.93. The molecule has 0 aliphatic carbocycles. The first kappa shape index (κ1) is 14.1. The number of carbonyl (C=O) groups excluding carboxylic acids is 1. The van der Waals surface area contributed by atoms with Crippen LogP contribution in [0.5, 0.6) is 0 Å². The van der Waals surface area contributed by atoms with Gasteiger partial charge in [-0.1, -0.05) is 30.3 Å². The number of nitrogens with one attached hydrogen (secondary N) is 1. The molecule has 0 aromatic heterocycles. The molecule has 1 aliphatic heterocycles. The van der Waals surface area contributed by atoms with Crippen molar-refractivity contribution in [2.45, 2.75) is 25.7 Å². The fourth-order valence-electron chi connectivity index (χ4n) is 2.55. The highest BCUT2D eigenvalue weighted by atomic mass is 16.2. The van der Waals surface area contributed by atoms with Crippen molar-refractivity contribution in [2.24, 2.45) is 5.92 Å². The van der Waals surface area contributed by atoms with E-state index in [9.17, 15) is 4.79 Å². The lowest BCUT2D eigenvalue weighted by Gasteiger charge is -2.25. The lowest BCUT2D eigenvalue weighted by molar-refractivity contribution is -0.131. The molecule has 1 fully saturated rings. The maximum Gasteiger partial charge on any atom is 0.222 e. The Hall–Kier alpha value is -1.35. The van der Waals surface area contributed by atoms with E-state index in [1.54, 1.807) is 0 Å². The van der Waals surface area contributed by atoms with Gasteiger partial charge in [-0.3, -0.25) is 4.79 Å². The van der Waals surface area contributed by atoms with Crippen LogP contribution < -0.4 is 5.32 Å². The third kappa shape index (κ3) is 4.67. The Labute approximate surface area is 116 Å². The first-order valence-electron chi connectivity index (χ1n) is 7.24. The van der Waals surface area contributed by atoms with Gasteiger partial charge in [0.05, 0.1) is 0 Å². The lowest BCUT2D eigenvalue weighted by atomic mass is 9.94. The van der Waals surface area contributed by atoms with Crippen molar-refractivity contribution in [3.63, 3.8) is 0 Å². The van der Waals surface area contributed by atoms with Crippen molar-refractivity contribution in [1.29, 1.82) is 0 Å². The number of amides is 1. The Bertz CT molecular complexity index is 385. The van der Waals surface area contributed by atoms with Gasteiger partial charge in [0.2, 0.25) is 5.91 Å². The van der Waals surface area contributed by atoms with Gasteiger partial charge in [0.25, 0.3) is 0 Å². The molecule has 0 spiro atoms. The average molecular weight is 260 g/mol. The Kier molecular flexibility index (Phi) is 5.40. The summed E-state index contributed by atoms with van der Waals surface area (Å²) < 4.78 is 0. The maximum atomic E-state index is 12.1. The van der Waals surface area contributed by atoms with Crippen LogP contribution in [0, 0.1) is 5.92 Å². The number of hydrogen-bond donors (Lipinski definition) is 1. The normalized spacial score (nSPS) is 16.3. The molecule has 0 unspecified atom stereocenters. The minimum absolute atomic E-state index is 0.294. The van der Waals surface area contributed by atoms with Crippen molar-refractivity contribution >= 4 is 5.91 Å². The first-order chi connectivity index (χ1) is 9.25. The van der Waals surface area contributed by atoms with Gasteiger partial charge < -0.3 is 10.2 Å². The van der Waals surface area contributed by atoms with Crippen molar-refractivity contribution in [2.75, 3.05) is 26.7 Å². The summed E-state index contributed by atoms with van der Waals surface area (Å²) in [7, 11) is 1.92. The minimum Gasteiger partial charge on any atom is -0.345 e. The van der Waals surface area contributed by atoms with Gasteiger partial charge in [0, 0.05) is 20.0 Å². The topological polar surface area (TPSA) is 32.3 Å². The molecule has 0 atom stereocenters. The molecule has 1 aromatic carbocycles. The standard InChI is InChI=1S/C16H24N2O/c1-18(12-9-14-5-3-2-4-6-14)16(19)13-15-7-10-17-11-8-15/h2-6,15,17H,7-13H2,1H3. The molecule has 3 heteroatoms. The molecule has 0 radical (unpaired) electrons. The van der Waals surface area contributed by atoms with Gasteiger partial charge in [-0.15, -0.1) is 0 Å². The van der Waals surface area contributed by atoms with Crippen LogP contribution in [0.3, 0.4) is 0 Å². The average Bonchev–Trinajstić information content (AvgIpc) is 2.47. The number of piperidine rings is 1. The molecule has 3 nitrogen and oxygen atoms in total. The second-order valence-corrected chi connectivity index (χ2v) is 5.45. The van der Waals surface area contributed by atoms with E-state index >= 15 is 0 Å². The molecule has 1 amide bonds. The molecule has 0 bridgehead atoms. The van der Waals surface area contributed by atoms with Crippen LogP contribution in [-0.2, 0) is 11.2 Å². The Morgan fingerprint density at radius 1 is 1.26 bits per heavy atom. The summed E-state index contributed by atoms with van der Waals surface area (Å²) in [5, 5.41) is 3.34. The fourth-order valence-corrected chi connectivity index (χ4v) is 2.55. The van der Waals surface area contributed by atoms with E-state index in [4.69, 9.17) is 0 Å². The molecular weight excluding hydrogens is 236 g/mol. The Balaban J connectivity index is 1.72. The molecule has 2 rings (SSSR count). The summed E-state index contributed by atoms with van der Waals surface area (Å²) in [4.78, 5) is 14.0. The molecule has 1 N–H and O–H groups in total. The monoisotopic (exact) mass is 260 g/mol. The van der Waals surface area contributed by atoms with E-state index < -0.39 is 0 Å². The van der Waals surface area contributed by atoms with Crippen LogP contribution in [0.4, 0.5) is 0 Å². The summed E-state index contributed by atoms with van der Waals surface area (Å²) in [6.45, 7) is 2.94. The van der Waals surface area contributed by atoms with Gasteiger partial charge in [0.15, 0.2) is 0 Å². The van der Waals surface area contributed by atoms with E-state index in [-0.39, 0.29) is 0 Å². The van der Waals surface area contributed by atoms with Gasteiger partial charge in [-0.05, 0) is 43.8 Å². The highest BCUT2D eigenvalue weighted by molar-refractivity contribution is 5.76. The van der Waals surface area contributed by atoms with E-state index in [1.807, 2.05) is 30.1 Å². The molecular formula is C16H24N2O. The quantitative estimate of drug-likeness (QED) is 0.879. The van der Waals surface area contributed by atoms with Crippen molar-refractivity contribution in [3.8, 4) is 0 Å². The Morgan fingerprint density at radius 2 is 1.95 bits per heavy atom. The molecule has 104 valence electrons.